The number of rotatable bonds is 4. The van der Waals surface area contributed by atoms with Gasteiger partial charge in [0.15, 0.2) is 0 Å². The molecule has 0 heterocycles. The van der Waals surface area contributed by atoms with Crippen molar-refractivity contribution in [1.29, 1.82) is 0 Å². The molecule has 0 aliphatic rings. The van der Waals surface area contributed by atoms with Crippen LogP contribution in [0.25, 0.3) is 0 Å². The summed E-state index contributed by atoms with van der Waals surface area (Å²) in [5.41, 5.74) is 0.722. The average molecular weight is 487 g/mol. The molecule has 0 spiro atoms. The van der Waals surface area contributed by atoms with Crippen LogP contribution in [0.3, 0.4) is 0 Å². The van der Waals surface area contributed by atoms with Crippen LogP contribution in [0.4, 0.5) is 0 Å². The molecule has 0 atom stereocenters. The molecular formula is C22H28Cl2O6Si. The Balaban J connectivity index is 0.000000343. The summed E-state index contributed by atoms with van der Waals surface area (Å²) >= 11 is 11.7. The van der Waals surface area contributed by atoms with E-state index >= 15 is 0 Å². The van der Waals surface area contributed by atoms with Crippen molar-refractivity contribution >= 4 is 43.5 Å². The molecule has 0 bridgehead atoms. The van der Waals surface area contributed by atoms with E-state index in [4.69, 9.17) is 37.5 Å². The van der Waals surface area contributed by atoms with Crippen molar-refractivity contribution in [3.05, 3.63) is 57.6 Å². The topological polar surface area (TPSA) is 82.1 Å². The van der Waals surface area contributed by atoms with Crippen LogP contribution in [-0.4, -0.2) is 39.6 Å². The smallest absolute Gasteiger partial charge is 0.337 e. The summed E-state index contributed by atoms with van der Waals surface area (Å²) in [6, 6.07) is 9.11. The number of carbonyl (C=O) groups is 2. The monoisotopic (exact) mass is 486 g/mol. The number of halogens is 2. The number of esters is 2. The maximum atomic E-state index is 11.5. The zero-order chi connectivity index (χ0) is 24.0. The highest BCUT2D eigenvalue weighted by Crippen LogP contribution is 2.39. The SMILES string of the molecule is COC(=O)c1ccc(Cl)c(O)c1.COC(=O)c1ccc(Cl)c(O[Si](C)(C)C(C)(C)C)c1. The van der Waals surface area contributed by atoms with Gasteiger partial charge in [-0.3, -0.25) is 0 Å². The van der Waals surface area contributed by atoms with Crippen molar-refractivity contribution in [2.45, 2.75) is 38.9 Å². The van der Waals surface area contributed by atoms with Gasteiger partial charge in [-0.1, -0.05) is 44.0 Å². The van der Waals surface area contributed by atoms with E-state index < -0.39 is 20.3 Å². The number of carbonyl (C=O) groups excluding carboxylic acids is 2. The molecule has 0 aliphatic heterocycles. The number of hydrogen-bond acceptors (Lipinski definition) is 6. The van der Waals surface area contributed by atoms with Gasteiger partial charge in [0, 0.05) is 0 Å². The van der Waals surface area contributed by atoms with Gasteiger partial charge in [0.1, 0.15) is 11.5 Å². The third-order valence-corrected chi connectivity index (χ3v) is 9.87. The highest BCUT2D eigenvalue weighted by Gasteiger charge is 2.39. The number of phenols is 1. The number of benzene rings is 2. The van der Waals surface area contributed by atoms with Crippen molar-refractivity contribution in [2.24, 2.45) is 0 Å². The summed E-state index contributed by atoms with van der Waals surface area (Å²) in [6.45, 7) is 10.7. The predicted molar refractivity (Wildman–Crippen MR) is 125 cm³/mol. The quantitative estimate of drug-likeness (QED) is 0.400. The standard InChI is InChI=1S/C14H21ClO3Si.C8H7ClO3/c1-14(2,3)19(5,6)18-12-9-10(13(16)17-4)7-8-11(12)15;1-12-8(11)5-2-3-6(9)7(10)4-5/h7-9H,1-6H3;2-4,10H,1H3. The number of hydrogen-bond donors (Lipinski definition) is 1. The molecule has 6 nitrogen and oxygen atoms in total. The summed E-state index contributed by atoms with van der Waals surface area (Å²) < 4.78 is 15.3. The van der Waals surface area contributed by atoms with E-state index in [1.165, 1.54) is 32.4 Å². The Morgan fingerprint density at radius 2 is 1.32 bits per heavy atom. The molecule has 31 heavy (non-hydrogen) atoms. The van der Waals surface area contributed by atoms with Gasteiger partial charge >= 0.3 is 11.9 Å². The lowest BCUT2D eigenvalue weighted by atomic mass is 10.2. The number of ether oxygens (including phenoxy) is 2. The minimum Gasteiger partial charge on any atom is -0.542 e. The lowest BCUT2D eigenvalue weighted by Gasteiger charge is -2.36. The third kappa shape index (κ3) is 7.45. The first kappa shape index (κ1) is 26.8. The van der Waals surface area contributed by atoms with Gasteiger partial charge in [-0.15, -0.1) is 0 Å². The first-order valence-electron chi connectivity index (χ1n) is 9.37. The third-order valence-electron chi connectivity index (χ3n) is 4.89. The Morgan fingerprint density at radius 3 is 1.74 bits per heavy atom. The molecule has 9 heteroatoms. The zero-order valence-corrected chi connectivity index (χ0v) is 21.2. The molecule has 0 saturated heterocycles. The minimum atomic E-state index is -1.98. The molecule has 170 valence electrons. The summed E-state index contributed by atoms with van der Waals surface area (Å²) in [4.78, 5) is 22.4. The van der Waals surface area contributed by atoms with Crippen molar-refractivity contribution in [1.82, 2.24) is 0 Å². The van der Waals surface area contributed by atoms with E-state index in [-0.39, 0.29) is 21.4 Å². The minimum absolute atomic E-state index is 0.0671. The van der Waals surface area contributed by atoms with Crippen LogP contribution < -0.4 is 4.43 Å². The zero-order valence-electron chi connectivity index (χ0n) is 18.7. The molecule has 2 rings (SSSR count). The summed E-state index contributed by atoms with van der Waals surface area (Å²) in [6.07, 6.45) is 0. The molecule has 0 saturated carbocycles. The fraction of sp³-hybridized carbons (Fsp3) is 0.364. The summed E-state index contributed by atoms with van der Waals surface area (Å²) in [7, 11) is 0.643. The van der Waals surface area contributed by atoms with E-state index in [1.807, 2.05) is 0 Å². The summed E-state index contributed by atoms with van der Waals surface area (Å²) in [5, 5.41) is 9.89. The maximum absolute atomic E-state index is 11.5. The molecule has 0 radical (unpaired) electrons. The molecule has 0 aromatic heterocycles. The van der Waals surface area contributed by atoms with E-state index in [2.05, 4.69) is 38.6 Å². The average Bonchev–Trinajstić information content (AvgIpc) is 2.70. The Kier molecular flexibility index (Phi) is 9.41. The van der Waals surface area contributed by atoms with Gasteiger partial charge < -0.3 is 19.0 Å². The van der Waals surface area contributed by atoms with E-state index in [1.54, 1.807) is 18.2 Å². The summed E-state index contributed by atoms with van der Waals surface area (Å²) in [5.74, 6) is -0.463. The van der Waals surface area contributed by atoms with Crippen LogP contribution >= 0.6 is 23.2 Å². The maximum Gasteiger partial charge on any atom is 0.337 e. The van der Waals surface area contributed by atoms with Crippen LogP contribution in [0.2, 0.25) is 28.2 Å². The highest BCUT2D eigenvalue weighted by atomic mass is 35.5. The van der Waals surface area contributed by atoms with Crippen LogP contribution in [0, 0.1) is 0 Å². The van der Waals surface area contributed by atoms with Crippen LogP contribution in [-0.2, 0) is 9.47 Å². The van der Waals surface area contributed by atoms with Gasteiger partial charge in [0.25, 0.3) is 8.32 Å². The Bertz CT molecular complexity index is 938. The Morgan fingerprint density at radius 1 is 0.871 bits per heavy atom. The lowest BCUT2D eigenvalue weighted by Crippen LogP contribution is -2.43. The molecule has 0 aliphatic carbocycles. The molecule has 1 N–H and O–H groups in total. The predicted octanol–water partition coefficient (Wildman–Crippen LogP) is 6.34. The van der Waals surface area contributed by atoms with Crippen molar-refractivity contribution in [3.63, 3.8) is 0 Å². The molecule has 0 unspecified atom stereocenters. The van der Waals surface area contributed by atoms with Crippen molar-refractivity contribution < 1.29 is 28.6 Å². The molecule has 0 fully saturated rings. The molecule has 0 amide bonds. The molecule has 2 aromatic carbocycles. The van der Waals surface area contributed by atoms with Gasteiger partial charge in [-0.25, -0.2) is 9.59 Å². The highest BCUT2D eigenvalue weighted by molar-refractivity contribution is 6.74. The fourth-order valence-electron chi connectivity index (χ4n) is 2.01. The second-order valence-corrected chi connectivity index (χ2v) is 13.7. The number of phenolic OH excluding ortho intramolecular Hbond substituents is 1. The lowest BCUT2D eigenvalue weighted by molar-refractivity contribution is 0.0591. The van der Waals surface area contributed by atoms with Gasteiger partial charge in [-0.05, 0) is 54.5 Å². The number of methoxy groups -OCH3 is 2. The normalized spacial score (nSPS) is 11.1. The second kappa shape index (κ2) is 10.9. The fourth-order valence-corrected chi connectivity index (χ4v) is 3.38. The number of aromatic hydroxyl groups is 1. The van der Waals surface area contributed by atoms with Crippen LogP contribution in [0.15, 0.2) is 36.4 Å². The van der Waals surface area contributed by atoms with E-state index in [0.29, 0.717) is 16.3 Å². The van der Waals surface area contributed by atoms with Gasteiger partial charge in [0.05, 0.1) is 35.4 Å². The van der Waals surface area contributed by atoms with Crippen molar-refractivity contribution in [3.8, 4) is 11.5 Å². The second-order valence-electron chi connectivity index (χ2n) is 8.16. The van der Waals surface area contributed by atoms with Gasteiger partial charge in [0.2, 0.25) is 0 Å². The van der Waals surface area contributed by atoms with E-state index in [9.17, 15) is 9.59 Å². The van der Waals surface area contributed by atoms with E-state index in [0.717, 1.165) is 0 Å². The Labute approximate surface area is 194 Å². The largest absolute Gasteiger partial charge is 0.542 e. The first-order valence-corrected chi connectivity index (χ1v) is 13.0. The first-order chi connectivity index (χ1) is 14.2. The van der Waals surface area contributed by atoms with Crippen LogP contribution in [0.1, 0.15) is 41.5 Å². The Hall–Kier alpha value is -2.22. The van der Waals surface area contributed by atoms with Gasteiger partial charge in [-0.2, -0.15) is 0 Å². The van der Waals surface area contributed by atoms with Crippen LogP contribution in [0.5, 0.6) is 11.5 Å². The molecule has 2 aromatic rings. The molecular weight excluding hydrogens is 459 g/mol. The van der Waals surface area contributed by atoms with Crippen molar-refractivity contribution in [2.75, 3.05) is 14.2 Å².